The Balaban J connectivity index is 1.60. The number of halogens is 1. The van der Waals surface area contributed by atoms with Crippen LogP contribution in [0.2, 0.25) is 0 Å². The quantitative estimate of drug-likeness (QED) is 0.442. The molecule has 3 heteroatoms. The zero-order chi connectivity index (χ0) is 19.5. The number of hydrogen-bond acceptors (Lipinski definition) is 2. The van der Waals surface area contributed by atoms with Crippen molar-refractivity contribution in [2.45, 2.75) is 45.9 Å². The first-order valence-corrected chi connectivity index (χ1v) is 11.0. The molecule has 1 unspecified atom stereocenters. The maximum absolute atomic E-state index is 5.96. The minimum Gasteiger partial charge on any atom is -0.377 e. The molecule has 146 valence electrons. The molecule has 0 spiro atoms. The van der Waals surface area contributed by atoms with Crippen LogP contribution in [0.4, 0.5) is 0 Å². The molecule has 3 aromatic carbocycles. The number of hydrogen-bond donors (Lipinski definition) is 0. The molecule has 1 aliphatic rings. The molecule has 0 amide bonds. The van der Waals surface area contributed by atoms with Crippen molar-refractivity contribution in [2.75, 3.05) is 13.2 Å². The summed E-state index contributed by atoms with van der Waals surface area (Å²) in [6.45, 7) is 8.14. The first-order chi connectivity index (χ1) is 13.6. The smallest absolute Gasteiger partial charge is 0.0703 e. The molecule has 0 N–H and O–H groups in total. The van der Waals surface area contributed by atoms with Crippen LogP contribution >= 0.6 is 15.9 Å². The van der Waals surface area contributed by atoms with E-state index in [1.807, 2.05) is 0 Å². The highest BCUT2D eigenvalue weighted by Gasteiger charge is 2.21. The second-order valence-electron chi connectivity index (χ2n) is 7.97. The fourth-order valence-electron chi connectivity index (χ4n) is 4.17. The van der Waals surface area contributed by atoms with Gasteiger partial charge < -0.3 is 4.74 Å². The minimum absolute atomic E-state index is 0.352. The molecule has 0 aromatic heterocycles. The predicted molar refractivity (Wildman–Crippen MR) is 121 cm³/mol. The van der Waals surface area contributed by atoms with Crippen LogP contribution in [0.5, 0.6) is 0 Å². The fourth-order valence-corrected chi connectivity index (χ4v) is 4.79. The zero-order valence-electron chi connectivity index (χ0n) is 16.7. The molecular formula is C25H28BrNO. The standard InChI is InChI=1S/C25H28BrNO/c1-18-9-10-22(25(26)14-18)16-27(17-23-7-5-13-28-23)15-21-12-11-20-6-3-4-8-24(20)19(21)2/h3-4,6,8-12,14,23H,5,7,13,15-17H2,1-2H3. The molecule has 2 nitrogen and oxygen atoms in total. The second-order valence-corrected chi connectivity index (χ2v) is 8.82. The summed E-state index contributed by atoms with van der Waals surface area (Å²) in [5, 5.41) is 2.67. The Morgan fingerprint density at radius 1 is 1.00 bits per heavy atom. The molecule has 0 aliphatic carbocycles. The second kappa shape index (κ2) is 8.77. The van der Waals surface area contributed by atoms with Crippen molar-refractivity contribution < 1.29 is 4.74 Å². The monoisotopic (exact) mass is 437 g/mol. The highest BCUT2D eigenvalue weighted by Crippen LogP contribution is 2.26. The van der Waals surface area contributed by atoms with E-state index >= 15 is 0 Å². The minimum atomic E-state index is 0.352. The average molecular weight is 438 g/mol. The molecule has 0 radical (unpaired) electrons. The lowest BCUT2D eigenvalue weighted by Crippen LogP contribution is -2.31. The Bertz CT molecular complexity index is 962. The number of benzene rings is 3. The first-order valence-electron chi connectivity index (χ1n) is 10.2. The van der Waals surface area contributed by atoms with Crippen molar-refractivity contribution in [3.05, 3.63) is 81.3 Å². The van der Waals surface area contributed by atoms with E-state index in [9.17, 15) is 0 Å². The van der Waals surface area contributed by atoms with E-state index in [4.69, 9.17) is 4.74 Å². The Hall–Kier alpha value is -1.68. The van der Waals surface area contributed by atoms with Crippen LogP contribution in [0.3, 0.4) is 0 Å². The number of fused-ring (bicyclic) bond motifs is 1. The van der Waals surface area contributed by atoms with Gasteiger partial charge in [0.1, 0.15) is 0 Å². The van der Waals surface area contributed by atoms with E-state index in [2.05, 4.69) is 89.3 Å². The van der Waals surface area contributed by atoms with Crippen molar-refractivity contribution in [2.24, 2.45) is 0 Å². The van der Waals surface area contributed by atoms with Gasteiger partial charge in [-0.1, -0.05) is 64.5 Å². The highest BCUT2D eigenvalue weighted by molar-refractivity contribution is 9.10. The van der Waals surface area contributed by atoms with Gasteiger partial charge in [-0.25, -0.2) is 0 Å². The van der Waals surface area contributed by atoms with Gasteiger partial charge in [-0.3, -0.25) is 4.90 Å². The van der Waals surface area contributed by atoms with E-state index < -0.39 is 0 Å². The Kier molecular flexibility index (Phi) is 6.15. The third-order valence-electron chi connectivity index (χ3n) is 5.79. The van der Waals surface area contributed by atoms with Crippen LogP contribution in [-0.2, 0) is 17.8 Å². The summed E-state index contributed by atoms with van der Waals surface area (Å²) in [4.78, 5) is 2.54. The summed E-state index contributed by atoms with van der Waals surface area (Å²) in [7, 11) is 0. The van der Waals surface area contributed by atoms with Gasteiger partial charge in [0.05, 0.1) is 6.10 Å². The van der Waals surface area contributed by atoms with Crippen molar-refractivity contribution in [1.82, 2.24) is 4.90 Å². The van der Waals surface area contributed by atoms with Crippen LogP contribution in [0.15, 0.2) is 59.1 Å². The normalized spacial score (nSPS) is 16.9. The molecule has 1 heterocycles. The maximum Gasteiger partial charge on any atom is 0.0703 e. The fraction of sp³-hybridized carbons (Fsp3) is 0.360. The average Bonchev–Trinajstić information content (AvgIpc) is 3.19. The Labute approximate surface area is 176 Å². The van der Waals surface area contributed by atoms with Crippen molar-refractivity contribution in [3.63, 3.8) is 0 Å². The van der Waals surface area contributed by atoms with Gasteiger partial charge in [0, 0.05) is 30.7 Å². The number of nitrogens with zero attached hydrogens (tertiary/aromatic N) is 1. The molecule has 0 saturated carbocycles. The van der Waals surface area contributed by atoms with Crippen LogP contribution in [0.25, 0.3) is 10.8 Å². The van der Waals surface area contributed by atoms with Crippen LogP contribution in [0.1, 0.15) is 35.1 Å². The van der Waals surface area contributed by atoms with E-state index in [0.29, 0.717) is 6.10 Å². The highest BCUT2D eigenvalue weighted by atomic mass is 79.9. The molecule has 1 fully saturated rings. The Morgan fingerprint density at radius 3 is 2.57 bits per heavy atom. The van der Waals surface area contributed by atoms with Gasteiger partial charge in [-0.15, -0.1) is 0 Å². The van der Waals surface area contributed by atoms with E-state index in [-0.39, 0.29) is 0 Å². The lowest BCUT2D eigenvalue weighted by Gasteiger charge is -2.27. The van der Waals surface area contributed by atoms with Crippen LogP contribution in [0, 0.1) is 13.8 Å². The summed E-state index contributed by atoms with van der Waals surface area (Å²) in [5.41, 5.74) is 5.41. The summed E-state index contributed by atoms with van der Waals surface area (Å²) in [6.07, 6.45) is 2.70. The van der Waals surface area contributed by atoms with Gasteiger partial charge in [0.25, 0.3) is 0 Å². The number of aryl methyl sites for hydroxylation is 2. The molecule has 28 heavy (non-hydrogen) atoms. The predicted octanol–water partition coefficient (Wildman–Crippen LogP) is 6.40. The lowest BCUT2D eigenvalue weighted by molar-refractivity contribution is 0.0678. The van der Waals surface area contributed by atoms with Crippen LogP contribution < -0.4 is 0 Å². The maximum atomic E-state index is 5.96. The topological polar surface area (TPSA) is 12.5 Å². The van der Waals surface area contributed by atoms with Gasteiger partial charge >= 0.3 is 0 Å². The van der Waals surface area contributed by atoms with Crippen molar-refractivity contribution in [3.8, 4) is 0 Å². The number of rotatable bonds is 6. The van der Waals surface area contributed by atoms with Crippen LogP contribution in [-0.4, -0.2) is 24.2 Å². The Morgan fingerprint density at radius 2 is 1.79 bits per heavy atom. The molecule has 3 aromatic rings. The van der Waals surface area contributed by atoms with Gasteiger partial charge in [-0.05, 0) is 65.8 Å². The molecule has 1 saturated heterocycles. The SMILES string of the molecule is Cc1ccc(CN(Cc2ccc3ccccc3c2C)CC2CCCO2)c(Br)c1. The summed E-state index contributed by atoms with van der Waals surface area (Å²) in [5.74, 6) is 0. The molecule has 4 rings (SSSR count). The first kappa shape index (κ1) is 19.6. The summed E-state index contributed by atoms with van der Waals surface area (Å²) in [6, 6.07) is 19.9. The van der Waals surface area contributed by atoms with E-state index in [0.717, 1.165) is 26.2 Å². The van der Waals surface area contributed by atoms with Gasteiger partial charge in [-0.2, -0.15) is 0 Å². The van der Waals surface area contributed by atoms with Crippen molar-refractivity contribution in [1.29, 1.82) is 0 Å². The summed E-state index contributed by atoms with van der Waals surface area (Å²) < 4.78 is 7.15. The van der Waals surface area contributed by atoms with Gasteiger partial charge in [0.2, 0.25) is 0 Å². The molecule has 0 bridgehead atoms. The van der Waals surface area contributed by atoms with E-state index in [1.165, 1.54) is 50.3 Å². The van der Waals surface area contributed by atoms with Gasteiger partial charge in [0.15, 0.2) is 0 Å². The molecular weight excluding hydrogens is 410 g/mol. The van der Waals surface area contributed by atoms with Crippen molar-refractivity contribution >= 4 is 26.7 Å². The zero-order valence-corrected chi connectivity index (χ0v) is 18.3. The lowest BCUT2D eigenvalue weighted by atomic mass is 9.99. The summed E-state index contributed by atoms with van der Waals surface area (Å²) >= 11 is 3.76. The largest absolute Gasteiger partial charge is 0.377 e. The van der Waals surface area contributed by atoms with E-state index in [1.54, 1.807) is 0 Å². The number of ether oxygens (including phenoxy) is 1. The molecule has 1 atom stereocenters. The third kappa shape index (κ3) is 4.48. The third-order valence-corrected chi connectivity index (χ3v) is 6.53. The molecule has 1 aliphatic heterocycles.